The maximum absolute atomic E-state index is 13.2. The van der Waals surface area contributed by atoms with Crippen LogP contribution in [0.5, 0.6) is 0 Å². The van der Waals surface area contributed by atoms with E-state index < -0.39 is 35.5 Å². The molecular formula is C14H13F4NO3. The van der Waals surface area contributed by atoms with Crippen molar-refractivity contribution in [3.63, 3.8) is 0 Å². The Bertz CT molecular complexity index is 600. The van der Waals surface area contributed by atoms with Crippen molar-refractivity contribution in [2.75, 3.05) is 6.54 Å². The first-order valence-corrected chi connectivity index (χ1v) is 6.62. The molecule has 1 unspecified atom stereocenters. The lowest BCUT2D eigenvalue weighted by Gasteiger charge is -2.33. The molecule has 1 N–H and O–H groups in total. The zero-order valence-electron chi connectivity index (χ0n) is 11.4. The normalized spacial score (nSPS) is 19.1. The molecule has 2 rings (SSSR count). The van der Waals surface area contributed by atoms with Crippen LogP contribution >= 0.6 is 0 Å². The Labute approximate surface area is 123 Å². The van der Waals surface area contributed by atoms with Crippen LogP contribution in [0.2, 0.25) is 0 Å². The fraction of sp³-hybridized carbons (Fsp3) is 0.429. The van der Waals surface area contributed by atoms with Gasteiger partial charge in [0.05, 0.1) is 5.56 Å². The average Bonchev–Trinajstić information content (AvgIpc) is 2.45. The smallest absolute Gasteiger partial charge is 0.419 e. The molecule has 0 aliphatic carbocycles. The summed E-state index contributed by atoms with van der Waals surface area (Å²) in [7, 11) is 0. The summed E-state index contributed by atoms with van der Waals surface area (Å²) in [6.07, 6.45) is -3.48. The summed E-state index contributed by atoms with van der Waals surface area (Å²) in [5.41, 5.74) is -1.91. The third kappa shape index (κ3) is 3.20. The maximum atomic E-state index is 13.2. The first kappa shape index (κ1) is 16.3. The number of halogens is 4. The van der Waals surface area contributed by atoms with Gasteiger partial charge in [0.2, 0.25) is 0 Å². The third-order valence-corrected chi connectivity index (χ3v) is 3.57. The van der Waals surface area contributed by atoms with Crippen molar-refractivity contribution in [3.8, 4) is 0 Å². The van der Waals surface area contributed by atoms with E-state index in [1.165, 1.54) is 0 Å². The number of nitrogens with zero attached hydrogens (tertiary/aromatic N) is 1. The zero-order valence-corrected chi connectivity index (χ0v) is 11.4. The van der Waals surface area contributed by atoms with Gasteiger partial charge in [-0.2, -0.15) is 13.2 Å². The minimum Gasteiger partial charge on any atom is -0.480 e. The number of hydrogen-bond acceptors (Lipinski definition) is 2. The number of amides is 1. The number of aliphatic carboxylic acids is 1. The van der Waals surface area contributed by atoms with Gasteiger partial charge in [0, 0.05) is 12.1 Å². The molecule has 0 bridgehead atoms. The molecule has 120 valence electrons. The molecule has 1 amide bonds. The number of piperidine rings is 1. The maximum Gasteiger partial charge on any atom is 0.419 e. The molecule has 1 aromatic carbocycles. The quantitative estimate of drug-likeness (QED) is 0.853. The number of carboxylic acid groups (broad SMARTS) is 1. The van der Waals surface area contributed by atoms with Gasteiger partial charge in [-0.1, -0.05) is 0 Å². The van der Waals surface area contributed by atoms with E-state index in [2.05, 4.69) is 0 Å². The second kappa shape index (κ2) is 5.94. The molecule has 22 heavy (non-hydrogen) atoms. The molecule has 0 radical (unpaired) electrons. The van der Waals surface area contributed by atoms with Crippen LogP contribution < -0.4 is 0 Å². The lowest BCUT2D eigenvalue weighted by molar-refractivity contribution is -0.143. The van der Waals surface area contributed by atoms with Crippen molar-refractivity contribution in [1.29, 1.82) is 0 Å². The van der Waals surface area contributed by atoms with Gasteiger partial charge in [-0.3, -0.25) is 4.79 Å². The van der Waals surface area contributed by atoms with E-state index in [1.54, 1.807) is 0 Å². The fourth-order valence-electron chi connectivity index (χ4n) is 2.47. The van der Waals surface area contributed by atoms with E-state index in [0.717, 1.165) is 11.0 Å². The van der Waals surface area contributed by atoms with Crippen molar-refractivity contribution in [2.45, 2.75) is 31.5 Å². The predicted molar refractivity (Wildman–Crippen MR) is 67.7 cm³/mol. The first-order valence-electron chi connectivity index (χ1n) is 6.62. The summed E-state index contributed by atoms with van der Waals surface area (Å²) in [5.74, 6) is -3.51. The third-order valence-electron chi connectivity index (χ3n) is 3.57. The highest BCUT2D eigenvalue weighted by Gasteiger charge is 2.37. The number of carboxylic acids is 1. The van der Waals surface area contributed by atoms with Gasteiger partial charge in [-0.15, -0.1) is 0 Å². The van der Waals surface area contributed by atoms with Crippen LogP contribution in [0.4, 0.5) is 17.6 Å². The van der Waals surface area contributed by atoms with Crippen molar-refractivity contribution >= 4 is 11.9 Å². The van der Waals surface area contributed by atoms with Gasteiger partial charge in [0.15, 0.2) is 0 Å². The van der Waals surface area contributed by atoms with E-state index in [9.17, 15) is 27.2 Å². The highest BCUT2D eigenvalue weighted by Crippen LogP contribution is 2.32. The van der Waals surface area contributed by atoms with Crippen LogP contribution in [0.1, 0.15) is 35.2 Å². The van der Waals surface area contributed by atoms with Gasteiger partial charge in [0.1, 0.15) is 11.9 Å². The lowest BCUT2D eigenvalue weighted by Crippen LogP contribution is -2.48. The standard InChI is InChI=1S/C14H13F4NO3/c15-10-5-4-8(7-9(10)14(16,17)18)12(20)19-6-2-1-3-11(19)13(21)22/h4-5,7,11H,1-3,6H2,(H,21,22). The zero-order chi connectivity index (χ0) is 16.5. The minimum absolute atomic E-state index is 0.147. The highest BCUT2D eigenvalue weighted by molar-refractivity contribution is 5.97. The first-order chi connectivity index (χ1) is 10.2. The molecule has 0 spiro atoms. The van der Waals surface area contributed by atoms with Gasteiger partial charge in [0.25, 0.3) is 5.91 Å². The molecule has 8 heteroatoms. The summed E-state index contributed by atoms with van der Waals surface area (Å²) < 4.78 is 51.3. The second-order valence-electron chi connectivity index (χ2n) is 5.04. The van der Waals surface area contributed by atoms with Gasteiger partial charge < -0.3 is 10.0 Å². The Morgan fingerprint density at radius 3 is 2.50 bits per heavy atom. The van der Waals surface area contributed by atoms with E-state index >= 15 is 0 Å². The molecule has 1 aliphatic rings. The largest absolute Gasteiger partial charge is 0.480 e. The number of hydrogen-bond donors (Lipinski definition) is 1. The van der Waals surface area contributed by atoms with E-state index in [4.69, 9.17) is 5.11 Å². The monoisotopic (exact) mass is 319 g/mol. The summed E-state index contributed by atoms with van der Waals surface area (Å²) in [5, 5.41) is 9.10. The molecular weight excluding hydrogens is 306 g/mol. The molecule has 1 saturated heterocycles. The molecule has 1 aliphatic heterocycles. The summed E-state index contributed by atoms with van der Waals surface area (Å²) in [6, 6.07) is 0.849. The molecule has 1 heterocycles. The number of likely N-dealkylation sites (tertiary alicyclic amines) is 1. The molecule has 0 aromatic heterocycles. The fourth-order valence-corrected chi connectivity index (χ4v) is 2.47. The van der Waals surface area contributed by atoms with Crippen LogP contribution in [0.3, 0.4) is 0 Å². The lowest BCUT2D eigenvalue weighted by atomic mass is 10.00. The van der Waals surface area contributed by atoms with Crippen LogP contribution in [0.15, 0.2) is 18.2 Å². The van der Waals surface area contributed by atoms with Crippen LogP contribution in [0.25, 0.3) is 0 Å². The van der Waals surface area contributed by atoms with E-state index in [0.29, 0.717) is 25.0 Å². The predicted octanol–water partition coefficient (Wildman–Crippen LogP) is 2.92. The summed E-state index contributed by atoms with van der Waals surface area (Å²) in [6.45, 7) is 0.147. The van der Waals surface area contributed by atoms with Crippen LogP contribution in [-0.2, 0) is 11.0 Å². The summed E-state index contributed by atoms with van der Waals surface area (Å²) >= 11 is 0. The Kier molecular flexibility index (Phi) is 4.39. The van der Waals surface area contributed by atoms with Crippen molar-refractivity contribution in [3.05, 3.63) is 35.1 Å². The van der Waals surface area contributed by atoms with Crippen molar-refractivity contribution in [2.24, 2.45) is 0 Å². The molecule has 0 saturated carbocycles. The highest BCUT2D eigenvalue weighted by atomic mass is 19.4. The number of alkyl halides is 3. The minimum atomic E-state index is -4.92. The van der Waals surface area contributed by atoms with Gasteiger partial charge in [-0.25, -0.2) is 9.18 Å². The van der Waals surface area contributed by atoms with Crippen LogP contribution in [0, 0.1) is 5.82 Å². The number of carbonyl (C=O) groups is 2. The number of carbonyl (C=O) groups excluding carboxylic acids is 1. The molecule has 1 aromatic rings. The Balaban J connectivity index is 2.34. The van der Waals surface area contributed by atoms with E-state index in [-0.39, 0.29) is 18.5 Å². The number of benzene rings is 1. The number of rotatable bonds is 2. The van der Waals surface area contributed by atoms with Crippen LogP contribution in [-0.4, -0.2) is 34.5 Å². The van der Waals surface area contributed by atoms with E-state index in [1.807, 2.05) is 0 Å². The average molecular weight is 319 g/mol. The molecule has 1 atom stereocenters. The molecule has 1 fully saturated rings. The molecule has 4 nitrogen and oxygen atoms in total. The van der Waals surface area contributed by atoms with Crippen molar-refractivity contribution in [1.82, 2.24) is 4.90 Å². The second-order valence-corrected chi connectivity index (χ2v) is 5.04. The Morgan fingerprint density at radius 2 is 1.91 bits per heavy atom. The summed E-state index contributed by atoms with van der Waals surface area (Å²) in [4.78, 5) is 24.5. The Morgan fingerprint density at radius 1 is 1.23 bits per heavy atom. The SMILES string of the molecule is O=C(O)C1CCCCN1C(=O)c1ccc(F)c(C(F)(F)F)c1. The topological polar surface area (TPSA) is 57.6 Å². The van der Waals surface area contributed by atoms with Gasteiger partial charge >= 0.3 is 12.1 Å². The Hall–Kier alpha value is -2.12. The van der Waals surface area contributed by atoms with Crippen molar-refractivity contribution < 1.29 is 32.3 Å². The van der Waals surface area contributed by atoms with Gasteiger partial charge in [-0.05, 0) is 37.5 Å².